The van der Waals surface area contributed by atoms with Crippen LogP contribution in [0.3, 0.4) is 0 Å². The lowest BCUT2D eigenvalue weighted by molar-refractivity contribution is -0.267. The number of rotatable bonds is 1. The molecular weight excluding hydrogens is 339 g/mol. The second-order valence-corrected chi connectivity index (χ2v) is 6.57. The largest absolute Gasteiger partial charge is 0.438 e. The van der Waals surface area contributed by atoms with Crippen LogP contribution in [0.25, 0.3) is 10.2 Å². The van der Waals surface area contributed by atoms with Gasteiger partial charge in [-0.05, 0) is 23.8 Å². The Balaban J connectivity index is 1.94. The van der Waals surface area contributed by atoms with Gasteiger partial charge in [-0.1, -0.05) is 30.3 Å². The third kappa shape index (κ3) is 2.11. The average molecular weight is 349 g/mol. The van der Waals surface area contributed by atoms with Crippen LogP contribution in [0.2, 0.25) is 0 Å². The van der Waals surface area contributed by atoms with Crippen molar-refractivity contribution >= 4 is 27.5 Å². The molecule has 2 heterocycles. The highest BCUT2D eigenvalue weighted by atomic mass is 32.1. The van der Waals surface area contributed by atoms with Crippen molar-refractivity contribution < 1.29 is 22.7 Å². The van der Waals surface area contributed by atoms with Crippen molar-refractivity contribution in [1.29, 1.82) is 0 Å². The summed E-state index contributed by atoms with van der Waals surface area (Å²) in [5.74, 6) is -0.978. The number of benzene rings is 2. The van der Waals surface area contributed by atoms with Gasteiger partial charge in [-0.15, -0.1) is 11.3 Å². The number of para-hydroxylation sites is 1. The van der Waals surface area contributed by atoms with E-state index in [1.807, 2.05) is 0 Å². The summed E-state index contributed by atoms with van der Waals surface area (Å²) in [6.45, 7) is 0. The third-order valence-corrected chi connectivity index (χ3v) is 5.22. The number of cyclic esters (lactones) is 1. The van der Waals surface area contributed by atoms with E-state index in [0.29, 0.717) is 15.8 Å². The second-order valence-electron chi connectivity index (χ2n) is 5.53. The molecule has 1 aromatic heterocycles. The summed E-state index contributed by atoms with van der Waals surface area (Å²) >= 11 is 0.898. The predicted octanol–water partition coefficient (Wildman–Crippen LogP) is 4.47. The van der Waals surface area contributed by atoms with E-state index < -0.39 is 24.2 Å². The zero-order valence-corrected chi connectivity index (χ0v) is 12.9. The molecule has 0 radical (unpaired) electrons. The Hall–Kier alpha value is -2.41. The first-order chi connectivity index (χ1) is 11.4. The van der Waals surface area contributed by atoms with Crippen LogP contribution >= 0.6 is 11.3 Å². The number of aromatic nitrogens is 1. The van der Waals surface area contributed by atoms with E-state index in [4.69, 9.17) is 4.74 Å². The van der Waals surface area contributed by atoms with E-state index >= 15 is 0 Å². The van der Waals surface area contributed by atoms with E-state index in [1.54, 1.807) is 36.4 Å². The standard InChI is InChI=1S/C17H10F3NO2S/c18-17(19,20)16(15-21-12-7-3-4-8-13(12)24-15)9-10-5-1-2-6-11(10)14(22)23-16/h1-8H,9H2/t16-/m0/s1. The van der Waals surface area contributed by atoms with Gasteiger partial charge in [-0.3, -0.25) is 0 Å². The zero-order chi connectivity index (χ0) is 16.9. The van der Waals surface area contributed by atoms with Gasteiger partial charge < -0.3 is 4.74 Å². The summed E-state index contributed by atoms with van der Waals surface area (Å²) in [6, 6.07) is 13.0. The van der Waals surface area contributed by atoms with Crippen molar-refractivity contribution in [3.8, 4) is 0 Å². The van der Waals surface area contributed by atoms with E-state index in [2.05, 4.69) is 4.98 Å². The highest BCUT2D eigenvalue weighted by Gasteiger charge is 2.63. The summed E-state index contributed by atoms with van der Waals surface area (Å²) in [4.78, 5) is 16.3. The first kappa shape index (κ1) is 15.1. The number of alkyl halides is 3. The average Bonchev–Trinajstić information content (AvgIpc) is 2.98. The molecule has 0 aliphatic carbocycles. The zero-order valence-electron chi connectivity index (χ0n) is 12.1. The van der Waals surface area contributed by atoms with E-state index in [9.17, 15) is 18.0 Å². The SMILES string of the molecule is O=C1O[C@@](c2nc3ccccc3s2)(C(F)(F)F)Cc2ccccc21. The van der Waals surface area contributed by atoms with Crippen molar-refractivity contribution in [2.24, 2.45) is 0 Å². The topological polar surface area (TPSA) is 39.2 Å². The van der Waals surface area contributed by atoms with Gasteiger partial charge in [0, 0.05) is 6.42 Å². The molecule has 0 spiro atoms. The second kappa shape index (κ2) is 5.04. The molecule has 0 amide bonds. The lowest BCUT2D eigenvalue weighted by atomic mass is 9.88. The van der Waals surface area contributed by atoms with Gasteiger partial charge in [-0.2, -0.15) is 13.2 Å². The maximum absolute atomic E-state index is 14.0. The minimum atomic E-state index is -4.77. The smallest absolute Gasteiger partial charge is 0.435 e. The Labute approximate surface area is 138 Å². The van der Waals surface area contributed by atoms with Gasteiger partial charge in [-0.25, -0.2) is 9.78 Å². The quantitative estimate of drug-likeness (QED) is 0.609. The van der Waals surface area contributed by atoms with Crippen LogP contribution in [0.15, 0.2) is 48.5 Å². The highest BCUT2D eigenvalue weighted by Crippen LogP contribution is 2.49. The van der Waals surface area contributed by atoms with E-state index in [1.165, 1.54) is 12.1 Å². The van der Waals surface area contributed by atoms with Gasteiger partial charge in [0.2, 0.25) is 0 Å². The molecule has 0 saturated carbocycles. The molecule has 1 atom stereocenters. The van der Waals surface area contributed by atoms with Crippen LogP contribution in [0.4, 0.5) is 13.2 Å². The highest BCUT2D eigenvalue weighted by molar-refractivity contribution is 7.18. The molecule has 0 N–H and O–H groups in total. The van der Waals surface area contributed by atoms with Crippen molar-refractivity contribution in [2.45, 2.75) is 18.2 Å². The number of ether oxygens (including phenoxy) is 1. The van der Waals surface area contributed by atoms with Crippen LogP contribution in [-0.2, 0) is 16.8 Å². The molecule has 0 fully saturated rings. The van der Waals surface area contributed by atoms with E-state index in [0.717, 1.165) is 11.3 Å². The molecule has 0 bridgehead atoms. The Morgan fingerprint density at radius 1 is 1.08 bits per heavy atom. The van der Waals surface area contributed by atoms with Crippen LogP contribution in [-0.4, -0.2) is 17.1 Å². The first-order valence-electron chi connectivity index (χ1n) is 7.15. The minimum Gasteiger partial charge on any atom is -0.438 e. The molecule has 24 heavy (non-hydrogen) atoms. The number of halogens is 3. The lowest BCUT2D eigenvalue weighted by Gasteiger charge is -2.37. The Kier molecular flexibility index (Phi) is 3.18. The molecule has 4 rings (SSSR count). The number of carbonyl (C=O) groups is 1. The first-order valence-corrected chi connectivity index (χ1v) is 7.96. The van der Waals surface area contributed by atoms with Gasteiger partial charge in [0.05, 0.1) is 15.8 Å². The Morgan fingerprint density at radius 2 is 1.79 bits per heavy atom. The fraction of sp³-hybridized carbons (Fsp3) is 0.176. The van der Waals surface area contributed by atoms with Gasteiger partial charge >= 0.3 is 12.1 Å². The number of hydrogen-bond donors (Lipinski definition) is 0. The third-order valence-electron chi connectivity index (χ3n) is 4.04. The number of fused-ring (bicyclic) bond motifs is 2. The number of nitrogens with zero attached hydrogens (tertiary/aromatic N) is 1. The van der Waals surface area contributed by atoms with Crippen molar-refractivity contribution in [3.05, 3.63) is 64.7 Å². The minimum absolute atomic E-state index is 0.165. The summed E-state index contributed by atoms with van der Waals surface area (Å²) < 4.78 is 47.5. The molecule has 1 aliphatic rings. The maximum atomic E-state index is 14.0. The lowest BCUT2D eigenvalue weighted by Crippen LogP contribution is -2.50. The molecule has 3 nitrogen and oxygen atoms in total. The predicted molar refractivity (Wildman–Crippen MR) is 82.9 cm³/mol. The molecular formula is C17H10F3NO2S. The van der Waals surface area contributed by atoms with Crippen molar-refractivity contribution in [1.82, 2.24) is 4.98 Å². The van der Waals surface area contributed by atoms with Crippen LogP contribution in [0.5, 0.6) is 0 Å². The van der Waals surface area contributed by atoms with E-state index in [-0.39, 0.29) is 10.6 Å². The molecule has 0 saturated heterocycles. The van der Waals surface area contributed by atoms with Gasteiger partial charge in [0.1, 0.15) is 5.01 Å². The van der Waals surface area contributed by atoms with Crippen molar-refractivity contribution in [2.75, 3.05) is 0 Å². The molecule has 122 valence electrons. The van der Waals surface area contributed by atoms with Crippen molar-refractivity contribution in [3.63, 3.8) is 0 Å². The van der Waals surface area contributed by atoms with Gasteiger partial charge in [0.15, 0.2) is 0 Å². The summed E-state index contributed by atoms with van der Waals surface area (Å²) in [7, 11) is 0. The fourth-order valence-corrected chi connectivity index (χ4v) is 3.95. The number of hydrogen-bond acceptors (Lipinski definition) is 4. The van der Waals surface area contributed by atoms with Gasteiger partial charge in [0.25, 0.3) is 5.60 Å². The monoisotopic (exact) mass is 349 g/mol. The van der Waals surface area contributed by atoms with Crippen LogP contribution < -0.4 is 0 Å². The molecule has 3 aromatic rings. The molecule has 7 heteroatoms. The number of carbonyl (C=O) groups excluding carboxylic acids is 1. The van der Waals surface area contributed by atoms with Crippen LogP contribution in [0.1, 0.15) is 20.9 Å². The van der Waals surface area contributed by atoms with Crippen LogP contribution in [0, 0.1) is 0 Å². The summed E-state index contributed by atoms with van der Waals surface area (Å²) in [5, 5.41) is -0.251. The molecule has 1 aliphatic heterocycles. The molecule has 0 unspecified atom stereocenters. The molecule has 2 aromatic carbocycles. The Morgan fingerprint density at radius 3 is 2.54 bits per heavy atom. The summed E-state index contributed by atoms with van der Waals surface area (Å²) in [6.07, 6.45) is -5.25. The summed E-state index contributed by atoms with van der Waals surface area (Å²) in [5.41, 5.74) is -1.82. The Bertz CT molecular complexity index is 917. The maximum Gasteiger partial charge on any atom is 0.435 e. The fourth-order valence-electron chi connectivity index (χ4n) is 2.83. The number of thiazole rings is 1. The normalized spacial score (nSPS) is 20.7. The number of esters is 1.